The van der Waals surface area contributed by atoms with Crippen LogP contribution in [-0.2, 0) is 14.9 Å². The molecule has 8 heteroatoms. The Morgan fingerprint density at radius 1 is 0.639 bits per heavy atom. The van der Waals surface area contributed by atoms with E-state index in [-0.39, 0.29) is 0 Å². The molecule has 0 radical (unpaired) electrons. The van der Waals surface area contributed by atoms with Crippen LogP contribution in [0.15, 0.2) is 0 Å². The maximum atomic E-state index is 12.4. The molecule has 0 fully saturated rings. The number of aliphatic hydroxyl groups excluding tert-OH is 2. The predicted octanol–water partition coefficient (Wildman–Crippen LogP) is 6.31. The first-order chi connectivity index (χ1) is 17.2. The average molecular weight is 536 g/mol. The van der Waals surface area contributed by atoms with Crippen molar-refractivity contribution < 1.29 is 28.0 Å². The second-order valence-corrected chi connectivity index (χ2v) is 12.0. The molecule has 0 aliphatic heterocycles. The van der Waals surface area contributed by atoms with Crippen LogP contribution in [0.4, 0.5) is 0 Å². The van der Waals surface area contributed by atoms with E-state index in [1.807, 2.05) is 0 Å². The Kier molecular flexibility index (Phi) is 23.0. The number of unbranched alkanes of at least 4 members (excludes halogenated alkanes) is 17. The molecule has 0 bridgehead atoms. The fourth-order valence-corrected chi connectivity index (χ4v) is 5.34. The van der Waals surface area contributed by atoms with E-state index in [1.165, 1.54) is 70.6 Å². The molecule has 0 aliphatic carbocycles. The molecule has 3 atom stereocenters. The molecule has 0 aromatic rings. The molecule has 4 N–H and O–H groups in total. The Hall–Kier alpha value is -0.700. The third-order valence-electron chi connectivity index (χ3n) is 6.92. The SMILES string of the molecule is CCCCCCCCCCCCC(O)C(=O)NC(CS(=O)(=O)O)C(O)CCCCCCCCCCC. The van der Waals surface area contributed by atoms with Crippen molar-refractivity contribution in [2.24, 2.45) is 0 Å². The predicted molar refractivity (Wildman–Crippen MR) is 149 cm³/mol. The molecule has 216 valence electrons. The summed E-state index contributed by atoms with van der Waals surface area (Å²) in [6.45, 7) is 4.41. The molecule has 36 heavy (non-hydrogen) atoms. The largest absolute Gasteiger partial charge is 0.391 e. The highest BCUT2D eigenvalue weighted by Crippen LogP contribution is 2.15. The van der Waals surface area contributed by atoms with Gasteiger partial charge >= 0.3 is 0 Å². The van der Waals surface area contributed by atoms with E-state index in [2.05, 4.69) is 19.2 Å². The Labute approximate surface area is 222 Å². The van der Waals surface area contributed by atoms with Crippen molar-refractivity contribution in [1.29, 1.82) is 0 Å². The minimum atomic E-state index is -4.38. The lowest BCUT2D eigenvalue weighted by atomic mass is 10.0. The fraction of sp³-hybridized carbons (Fsp3) is 0.964. The maximum absolute atomic E-state index is 12.4. The molecule has 0 heterocycles. The summed E-state index contributed by atoms with van der Waals surface area (Å²) in [4.78, 5) is 12.4. The van der Waals surface area contributed by atoms with Gasteiger partial charge < -0.3 is 15.5 Å². The van der Waals surface area contributed by atoms with E-state index in [9.17, 15) is 28.0 Å². The first-order valence-electron chi connectivity index (χ1n) is 14.8. The molecule has 1 amide bonds. The van der Waals surface area contributed by atoms with Crippen LogP contribution >= 0.6 is 0 Å². The van der Waals surface area contributed by atoms with Crippen LogP contribution in [0.3, 0.4) is 0 Å². The Balaban J connectivity index is 4.20. The lowest BCUT2D eigenvalue weighted by Crippen LogP contribution is -2.50. The number of hydrogen-bond acceptors (Lipinski definition) is 5. The van der Waals surface area contributed by atoms with Gasteiger partial charge in [-0.1, -0.05) is 136 Å². The van der Waals surface area contributed by atoms with Crippen LogP contribution in [0.25, 0.3) is 0 Å². The summed E-state index contributed by atoms with van der Waals surface area (Å²) in [7, 11) is -4.38. The molecule has 0 aromatic heterocycles. The molecular weight excluding hydrogens is 478 g/mol. The number of carbonyl (C=O) groups excluding carboxylic acids is 1. The number of amides is 1. The highest BCUT2D eigenvalue weighted by atomic mass is 32.2. The van der Waals surface area contributed by atoms with Gasteiger partial charge in [-0.2, -0.15) is 8.42 Å². The van der Waals surface area contributed by atoms with Crippen molar-refractivity contribution in [2.75, 3.05) is 5.75 Å². The Morgan fingerprint density at radius 3 is 1.39 bits per heavy atom. The monoisotopic (exact) mass is 535 g/mol. The van der Waals surface area contributed by atoms with Crippen LogP contribution in [0.2, 0.25) is 0 Å². The van der Waals surface area contributed by atoms with Crippen LogP contribution in [0, 0.1) is 0 Å². The van der Waals surface area contributed by atoms with Crippen molar-refractivity contribution in [1.82, 2.24) is 5.32 Å². The van der Waals surface area contributed by atoms with Gasteiger partial charge in [0.15, 0.2) is 0 Å². The third-order valence-corrected chi connectivity index (χ3v) is 7.70. The van der Waals surface area contributed by atoms with Crippen LogP contribution in [-0.4, -0.2) is 53.1 Å². The van der Waals surface area contributed by atoms with Crippen molar-refractivity contribution in [3.8, 4) is 0 Å². The van der Waals surface area contributed by atoms with Gasteiger partial charge in [0.05, 0.1) is 17.9 Å². The summed E-state index contributed by atoms with van der Waals surface area (Å²) >= 11 is 0. The quantitative estimate of drug-likeness (QED) is 0.0760. The minimum absolute atomic E-state index is 0.301. The molecule has 0 aromatic carbocycles. The summed E-state index contributed by atoms with van der Waals surface area (Å²) in [5.74, 6) is -1.45. The molecular formula is C28H57NO6S. The van der Waals surface area contributed by atoms with Gasteiger partial charge in [0, 0.05) is 0 Å². The fourth-order valence-electron chi connectivity index (χ4n) is 4.58. The van der Waals surface area contributed by atoms with E-state index < -0.39 is 40.0 Å². The summed E-state index contributed by atoms with van der Waals surface area (Å²) < 4.78 is 32.1. The molecule has 0 saturated carbocycles. The number of aliphatic hydroxyl groups is 2. The molecule has 0 rings (SSSR count). The summed E-state index contributed by atoms with van der Waals surface area (Å²) in [5.41, 5.74) is 0. The van der Waals surface area contributed by atoms with E-state index in [0.29, 0.717) is 19.3 Å². The first kappa shape index (κ1) is 35.3. The van der Waals surface area contributed by atoms with Gasteiger partial charge in [0.1, 0.15) is 6.10 Å². The van der Waals surface area contributed by atoms with Crippen molar-refractivity contribution in [3.05, 3.63) is 0 Å². The lowest BCUT2D eigenvalue weighted by Gasteiger charge is -2.24. The van der Waals surface area contributed by atoms with E-state index in [4.69, 9.17) is 0 Å². The highest BCUT2D eigenvalue weighted by molar-refractivity contribution is 7.85. The molecule has 0 saturated heterocycles. The highest BCUT2D eigenvalue weighted by Gasteiger charge is 2.28. The Bertz CT molecular complexity index is 613. The zero-order chi connectivity index (χ0) is 27.1. The topological polar surface area (TPSA) is 124 Å². The van der Waals surface area contributed by atoms with Gasteiger partial charge in [-0.05, 0) is 12.8 Å². The van der Waals surface area contributed by atoms with E-state index in [0.717, 1.165) is 44.9 Å². The van der Waals surface area contributed by atoms with Gasteiger partial charge in [-0.15, -0.1) is 0 Å². The van der Waals surface area contributed by atoms with Crippen molar-refractivity contribution >= 4 is 16.0 Å². The van der Waals surface area contributed by atoms with Gasteiger partial charge in [-0.25, -0.2) is 0 Å². The maximum Gasteiger partial charge on any atom is 0.266 e. The zero-order valence-electron chi connectivity index (χ0n) is 23.3. The van der Waals surface area contributed by atoms with Gasteiger partial charge in [-0.3, -0.25) is 9.35 Å². The van der Waals surface area contributed by atoms with Crippen LogP contribution in [0.5, 0.6) is 0 Å². The summed E-state index contributed by atoms with van der Waals surface area (Å²) in [6, 6.07) is -1.14. The normalized spacial score (nSPS) is 14.5. The second kappa shape index (κ2) is 23.4. The standard InChI is InChI=1S/C28H57NO6S/c1-3-5-7-9-11-13-15-17-19-21-23-27(31)28(32)29-25(24-36(33,34)35)26(30)22-20-18-16-14-12-10-8-6-4-2/h25-27,30-31H,3-24H2,1-2H3,(H,29,32)(H,33,34,35). The van der Waals surface area contributed by atoms with Crippen LogP contribution < -0.4 is 5.32 Å². The van der Waals surface area contributed by atoms with Crippen LogP contribution in [0.1, 0.15) is 149 Å². The zero-order valence-corrected chi connectivity index (χ0v) is 24.1. The van der Waals surface area contributed by atoms with Gasteiger partial charge in [0.25, 0.3) is 10.1 Å². The van der Waals surface area contributed by atoms with Crippen molar-refractivity contribution in [3.63, 3.8) is 0 Å². The average Bonchev–Trinajstić information content (AvgIpc) is 2.82. The van der Waals surface area contributed by atoms with E-state index >= 15 is 0 Å². The summed E-state index contributed by atoms with van der Waals surface area (Å²) in [5, 5.41) is 23.2. The Morgan fingerprint density at radius 2 is 1.00 bits per heavy atom. The van der Waals surface area contributed by atoms with E-state index in [1.54, 1.807) is 0 Å². The molecule has 3 unspecified atom stereocenters. The number of carbonyl (C=O) groups is 1. The molecule has 0 aliphatic rings. The smallest absolute Gasteiger partial charge is 0.266 e. The third kappa shape index (κ3) is 22.5. The minimum Gasteiger partial charge on any atom is -0.391 e. The number of nitrogens with one attached hydrogen (secondary N) is 1. The second-order valence-electron chi connectivity index (χ2n) is 10.5. The number of rotatable bonds is 26. The number of hydrogen-bond donors (Lipinski definition) is 4. The van der Waals surface area contributed by atoms with Crippen molar-refractivity contribution in [2.45, 2.75) is 167 Å². The van der Waals surface area contributed by atoms with Gasteiger partial charge in [0.2, 0.25) is 5.91 Å². The first-order valence-corrected chi connectivity index (χ1v) is 16.4. The summed E-state index contributed by atoms with van der Waals surface area (Å²) in [6.07, 6.45) is 19.9. The molecule has 7 nitrogen and oxygen atoms in total. The molecule has 0 spiro atoms. The lowest BCUT2D eigenvalue weighted by molar-refractivity contribution is -0.131.